The van der Waals surface area contributed by atoms with Crippen LogP contribution >= 0.6 is 0 Å². The zero-order valence-electron chi connectivity index (χ0n) is 23.6. The molecule has 2 fully saturated rings. The normalized spacial score (nSPS) is 18.1. The zero-order valence-corrected chi connectivity index (χ0v) is 23.6. The number of piperidine rings is 1. The fourth-order valence-electron chi connectivity index (χ4n) is 6.08. The Hall–Kier alpha value is -3.52. The fourth-order valence-corrected chi connectivity index (χ4v) is 6.08. The molecule has 2 aromatic carbocycles. The van der Waals surface area contributed by atoms with Gasteiger partial charge in [-0.1, -0.05) is 18.2 Å². The molecule has 7 nitrogen and oxygen atoms in total. The highest BCUT2D eigenvalue weighted by molar-refractivity contribution is 6.53. The van der Waals surface area contributed by atoms with Gasteiger partial charge in [-0.2, -0.15) is 0 Å². The Morgan fingerprint density at radius 2 is 1.62 bits per heavy atom. The van der Waals surface area contributed by atoms with E-state index < -0.39 is 11.7 Å². The molecule has 2 amide bonds. The second-order valence-electron chi connectivity index (χ2n) is 11.3. The molecule has 2 aromatic rings. The van der Waals surface area contributed by atoms with Crippen molar-refractivity contribution in [1.29, 1.82) is 0 Å². The Balaban J connectivity index is 1.26. The quantitative estimate of drug-likeness (QED) is 0.491. The number of Topliss-reactive ketones (excluding diaryl/α,β-unsaturated/α-hetero) is 1. The van der Waals surface area contributed by atoms with Gasteiger partial charge >= 0.3 is 0 Å². The highest BCUT2D eigenvalue weighted by atomic mass is 19.1. The van der Waals surface area contributed by atoms with Crippen LogP contribution in [0.25, 0.3) is 5.57 Å². The van der Waals surface area contributed by atoms with Gasteiger partial charge in [-0.15, -0.1) is 0 Å². The van der Waals surface area contributed by atoms with Gasteiger partial charge in [-0.25, -0.2) is 4.39 Å². The summed E-state index contributed by atoms with van der Waals surface area (Å²) >= 11 is 0. The molecule has 0 N–H and O–H groups in total. The number of piperazine rings is 1. The van der Waals surface area contributed by atoms with Crippen LogP contribution in [-0.4, -0.2) is 84.7 Å². The van der Waals surface area contributed by atoms with Gasteiger partial charge < -0.3 is 14.5 Å². The number of hydrogen-bond acceptors (Lipinski definition) is 5. The number of likely N-dealkylation sites (tertiary alicyclic amines) is 1. The maximum atomic E-state index is 13.6. The van der Waals surface area contributed by atoms with Crippen LogP contribution in [0.5, 0.6) is 5.75 Å². The molecule has 2 aliphatic heterocycles. The molecular weight excluding hydrogens is 509 g/mol. The largest absolute Gasteiger partial charge is 0.496 e. The monoisotopic (exact) mass is 547 g/mol. The number of rotatable bonds is 7. The van der Waals surface area contributed by atoms with Gasteiger partial charge in [0.1, 0.15) is 11.6 Å². The zero-order chi connectivity index (χ0) is 28.4. The van der Waals surface area contributed by atoms with Crippen LogP contribution in [0.15, 0.2) is 42.5 Å². The number of nitrogens with zero attached hydrogens (tertiary/aromatic N) is 3. The van der Waals surface area contributed by atoms with Gasteiger partial charge in [0.15, 0.2) is 0 Å². The lowest BCUT2D eigenvalue weighted by molar-refractivity contribution is -0.143. The minimum Gasteiger partial charge on any atom is -0.496 e. The number of ketones is 1. The van der Waals surface area contributed by atoms with Gasteiger partial charge in [0.05, 0.1) is 12.7 Å². The predicted octanol–water partition coefficient (Wildman–Crippen LogP) is 3.99. The van der Waals surface area contributed by atoms with E-state index in [1.165, 1.54) is 12.1 Å². The molecule has 8 heteroatoms. The third-order valence-corrected chi connectivity index (χ3v) is 8.58. The van der Waals surface area contributed by atoms with Crippen LogP contribution in [0, 0.1) is 11.7 Å². The maximum Gasteiger partial charge on any atom is 0.295 e. The van der Waals surface area contributed by atoms with Crippen molar-refractivity contribution in [2.75, 3.05) is 46.4 Å². The number of benzene rings is 2. The Bertz CT molecular complexity index is 1300. The van der Waals surface area contributed by atoms with Gasteiger partial charge in [0, 0.05) is 50.9 Å². The molecule has 0 bridgehead atoms. The first-order chi connectivity index (χ1) is 19.2. The van der Waals surface area contributed by atoms with Crippen molar-refractivity contribution < 1.29 is 23.5 Å². The van der Waals surface area contributed by atoms with Crippen molar-refractivity contribution in [2.45, 2.75) is 45.6 Å². The second-order valence-corrected chi connectivity index (χ2v) is 11.3. The van der Waals surface area contributed by atoms with E-state index in [2.05, 4.69) is 18.7 Å². The summed E-state index contributed by atoms with van der Waals surface area (Å²) in [5, 5.41) is 0. The van der Waals surface area contributed by atoms with Crippen molar-refractivity contribution in [3.63, 3.8) is 0 Å². The number of ether oxygens (including phenoxy) is 1. The highest BCUT2D eigenvalue weighted by Crippen LogP contribution is 2.35. The molecule has 212 valence electrons. The third kappa shape index (κ3) is 5.82. The molecule has 0 atom stereocenters. The van der Waals surface area contributed by atoms with Crippen molar-refractivity contribution >= 4 is 23.2 Å². The smallest absolute Gasteiger partial charge is 0.295 e. The van der Waals surface area contributed by atoms with E-state index in [-0.39, 0.29) is 11.7 Å². The Morgan fingerprint density at radius 3 is 2.25 bits per heavy atom. The predicted molar refractivity (Wildman–Crippen MR) is 152 cm³/mol. The number of hydrogen-bond donors (Lipinski definition) is 0. The molecule has 0 spiro atoms. The van der Waals surface area contributed by atoms with Gasteiger partial charge in [-0.3, -0.25) is 19.3 Å². The van der Waals surface area contributed by atoms with Crippen LogP contribution < -0.4 is 4.74 Å². The minimum absolute atomic E-state index is 0.130. The molecule has 3 aliphatic rings. The van der Waals surface area contributed by atoms with Crippen molar-refractivity contribution in [3.8, 4) is 5.75 Å². The average molecular weight is 548 g/mol. The lowest BCUT2D eigenvalue weighted by Gasteiger charge is -2.36. The Labute approximate surface area is 235 Å². The van der Waals surface area contributed by atoms with E-state index >= 15 is 0 Å². The molecule has 0 saturated carbocycles. The Morgan fingerprint density at radius 1 is 0.950 bits per heavy atom. The van der Waals surface area contributed by atoms with Crippen molar-refractivity contribution in [3.05, 3.63) is 70.5 Å². The summed E-state index contributed by atoms with van der Waals surface area (Å²) in [6.45, 7) is 8.07. The number of halogens is 1. The molecule has 2 heterocycles. The number of carbonyl (C=O) groups excluding carboxylic acids is 3. The second kappa shape index (κ2) is 11.9. The lowest BCUT2D eigenvalue weighted by atomic mass is 9.89. The number of carbonyl (C=O) groups is 3. The highest BCUT2D eigenvalue weighted by Gasteiger charge is 2.33. The summed E-state index contributed by atoms with van der Waals surface area (Å²) in [5.74, 6) is -0.445. The summed E-state index contributed by atoms with van der Waals surface area (Å²) in [6, 6.07) is 10.6. The molecule has 1 aliphatic carbocycles. The fraction of sp³-hybridized carbons (Fsp3) is 0.469. The first-order valence-corrected chi connectivity index (χ1v) is 14.3. The number of allylic oxidation sites excluding steroid dienone is 1. The van der Waals surface area contributed by atoms with Crippen LogP contribution in [0.1, 0.15) is 53.7 Å². The van der Waals surface area contributed by atoms with Gasteiger partial charge in [-0.05, 0) is 86.4 Å². The standard InChI is InChI=1S/C32H38FN3O4/c1-21(2)34-14-16-36(17-15-34)32(39)30(37)26-9-6-24-19-29(40-3)28(20-27(24)26)31(38)35-12-10-23(11-13-35)18-22-4-7-25(33)8-5-22/h4-5,7-9,19-21,23H,6,10-18H2,1-3H3. The van der Waals surface area contributed by atoms with Crippen molar-refractivity contribution in [2.24, 2.45) is 5.92 Å². The van der Waals surface area contributed by atoms with E-state index in [9.17, 15) is 18.8 Å². The molecule has 0 unspecified atom stereocenters. The SMILES string of the molecule is COc1cc2c(cc1C(=O)N1CCC(Cc3ccc(F)cc3)CC1)C(C(=O)C(=O)N1CCN(C(C)C)CC1)=CC2. The topological polar surface area (TPSA) is 70.2 Å². The average Bonchev–Trinajstić information content (AvgIpc) is 3.39. The van der Waals surface area contributed by atoms with Crippen LogP contribution in [0.4, 0.5) is 4.39 Å². The number of methoxy groups -OCH3 is 1. The first-order valence-electron chi connectivity index (χ1n) is 14.3. The molecule has 2 saturated heterocycles. The Kier molecular flexibility index (Phi) is 8.35. The summed E-state index contributed by atoms with van der Waals surface area (Å²) < 4.78 is 18.8. The minimum atomic E-state index is -0.512. The van der Waals surface area contributed by atoms with Crippen LogP contribution in [-0.2, 0) is 22.4 Å². The third-order valence-electron chi connectivity index (χ3n) is 8.58. The molecular formula is C32H38FN3O4. The van der Waals surface area contributed by atoms with E-state index in [0.29, 0.717) is 67.0 Å². The summed E-state index contributed by atoms with van der Waals surface area (Å²) in [5.41, 5.74) is 3.42. The molecule has 0 aromatic heterocycles. The first kappa shape index (κ1) is 28.0. The summed E-state index contributed by atoms with van der Waals surface area (Å²) in [4.78, 5) is 45.9. The van der Waals surface area contributed by atoms with E-state index in [1.54, 1.807) is 24.2 Å². The van der Waals surface area contributed by atoms with Crippen molar-refractivity contribution in [1.82, 2.24) is 14.7 Å². The van der Waals surface area contributed by atoms with Crippen LogP contribution in [0.3, 0.4) is 0 Å². The van der Waals surface area contributed by atoms with E-state index in [1.807, 2.05) is 23.1 Å². The van der Waals surface area contributed by atoms with Gasteiger partial charge in [0.2, 0.25) is 0 Å². The maximum absolute atomic E-state index is 13.6. The lowest BCUT2D eigenvalue weighted by Crippen LogP contribution is -2.52. The molecule has 40 heavy (non-hydrogen) atoms. The summed E-state index contributed by atoms with van der Waals surface area (Å²) in [7, 11) is 1.54. The van der Waals surface area contributed by atoms with Gasteiger partial charge in [0.25, 0.3) is 17.6 Å². The van der Waals surface area contributed by atoms with Crippen LogP contribution in [0.2, 0.25) is 0 Å². The van der Waals surface area contributed by atoms with E-state index in [0.717, 1.165) is 43.5 Å². The number of amides is 2. The summed E-state index contributed by atoms with van der Waals surface area (Å²) in [6.07, 6.45) is 4.90. The number of fused-ring (bicyclic) bond motifs is 1. The molecule has 0 radical (unpaired) electrons. The van der Waals surface area contributed by atoms with E-state index in [4.69, 9.17) is 4.74 Å². The molecule has 5 rings (SSSR count).